The highest BCUT2D eigenvalue weighted by molar-refractivity contribution is 5.76. The molecule has 0 aliphatic rings. The summed E-state index contributed by atoms with van der Waals surface area (Å²) in [6.45, 7) is 0.519. The molecule has 0 radical (unpaired) electrons. The maximum absolute atomic E-state index is 12.1. The maximum Gasteiger partial charge on any atom is 0.220 e. The molecule has 2 aromatic rings. The zero-order valence-corrected chi connectivity index (χ0v) is 15.4. The van der Waals surface area contributed by atoms with Gasteiger partial charge in [0.1, 0.15) is 5.75 Å². The number of phenols is 1. The summed E-state index contributed by atoms with van der Waals surface area (Å²) in [6, 6.07) is 10.7. The molecule has 0 aromatic heterocycles. The predicted octanol–water partition coefficient (Wildman–Crippen LogP) is 2.71. The summed E-state index contributed by atoms with van der Waals surface area (Å²) in [7, 11) is 4.69. The number of methoxy groups -OCH3 is 3. The number of amides is 1. The molecule has 0 heterocycles. The monoisotopic (exact) mass is 359 g/mol. The number of hydrogen-bond donors (Lipinski definition) is 2. The first-order valence-electron chi connectivity index (χ1n) is 8.41. The molecule has 0 saturated carbocycles. The van der Waals surface area contributed by atoms with Crippen molar-refractivity contribution < 1.29 is 24.1 Å². The molecule has 0 bridgehead atoms. The number of carbonyl (C=O) groups is 1. The molecule has 0 spiro atoms. The van der Waals surface area contributed by atoms with E-state index in [-0.39, 0.29) is 11.7 Å². The minimum atomic E-state index is -0.0398. The van der Waals surface area contributed by atoms with Crippen LogP contribution in [0.15, 0.2) is 36.4 Å². The van der Waals surface area contributed by atoms with E-state index in [4.69, 9.17) is 14.2 Å². The summed E-state index contributed by atoms with van der Waals surface area (Å²) in [5.41, 5.74) is 1.86. The summed E-state index contributed by atoms with van der Waals surface area (Å²) >= 11 is 0. The molecule has 6 nitrogen and oxygen atoms in total. The van der Waals surface area contributed by atoms with Crippen LogP contribution >= 0.6 is 0 Å². The van der Waals surface area contributed by atoms with Gasteiger partial charge >= 0.3 is 0 Å². The zero-order valence-electron chi connectivity index (χ0n) is 15.4. The lowest BCUT2D eigenvalue weighted by atomic mass is 10.1. The molecule has 26 heavy (non-hydrogen) atoms. The second kappa shape index (κ2) is 9.56. The molecule has 1 amide bonds. The molecular formula is C20H25NO5. The minimum Gasteiger partial charge on any atom is -0.508 e. The van der Waals surface area contributed by atoms with Gasteiger partial charge in [0.25, 0.3) is 0 Å². The van der Waals surface area contributed by atoms with E-state index in [1.54, 1.807) is 45.6 Å². The van der Waals surface area contributed by atoms with E-state index in [0.29, 0.717) is 43.1 Å². The number of rotatable bonds is 9. The van der Waals surface area contributed by atoms with Crippen LogP contribution in [0, 0.1) is 0 Å². The zero-order chi connectivity index (χ0) is 18.9. The van der Waals surface area contributed by atoms with Crippen molar-refractivity contribution in [3.05, 3.63) is 47.5 Å². The fourth-order valence-corrected chi connectivity index (χ4v) is 2.75. The summed E-state index contributed by atoms with van der Waals surface area (Å²) in [5.74, 6) is 1.89. The topological polar surface area (TPSA) is 77.0 Å². The average molecular weight is 359 g/mol. The highest BCUT2D eigenvalue weighted by Gasteiger charge is 2.16. The Morgan fingerprint density at radius 2 is 1.77 bits per heavy atom. The Balaban J connectivity index is 1.89. The van der Waals surface area contributed by atoms with E-state index in [1.165, 1.54) is 0 Å². The molecule has 2 rings (SSSR count). The van der Waals surface area contributed by atoms with Crippen LogP contribution in [0.2, 0.25) is 0 Å². The van der Waals surface area contributed by atoms with Crippen molar-refractivity contribution in [2.75, 3.05) is 27.9 Å². The van der Waals surface area contributed by atoms with Gasteiger partial charge in [0.15, 0.2) is 11.5 Å². The lowest BCUT2D eigenvalue weighted by molar-refractivity contribution is -0.121. The first kappa shape index (κ1) is 19.4. The van der Waals surface area contributed by atoms with Gasteiger partial charge in [0, 0.05) is 13.0 Å². The van der Waals surface area contributed by atoms with E-state index in [9.17, 15) is 9.90 Å². The first-order valence-corrected chi connectivity index (χ1v) is 8.41. The lowest BCUT2D eigenvalue weighted by Crippen LogP contribution is -2.25. The normalized spacial score (nSPS) is 10.3. The molecule has 0 saturated heterocycles. The van der Waals surface area contributed by atoms with Gasteiger partial charge in [-0.2, -0.15) is 0 Å². The molecule has 6 heteroatoms. The van der Waals surface area contributed by atoms with Crippen LogP contribution in [0.25, 0.3) is 0 Å². The van der Waals surface area contributed by atoms with Crippen molar-refractivity contribution in [2.45, 2.75) is 19.3 Å². The summed E-state index contributed by atoms with van der Waals surface area (Å²) in [4.78, 5) is 12.1. The van der Waals surface area contributed by atoms with Gasteiger partial charge in [0.2, 0.25) is 11.7 Å². The second-order valence-electron chi connectivity index (χ2n) is 5.76. The maximum atomic E-state index is 12.1. The van der Waals surface area contributed by atoms with Crippen LogP contribution in [-0.4, -0.2) is 38.9 Å². The van der Waals surface area contributed by atoms with Crippen LogP contribution in [0.4, 0.5) is 0 Å². The van der Waals surface area contributed by atoms with Gasteiger partial charge < -0.3 is 24.6 Å². The fraction of sp³-hybridized carbons (Fsp3) is 0.350. The fourth-order valence-electron chi connectivity index (χ4n) is 2.75. The van der Waals surface area contributed by atoms with Crippen LogP contribution in [-0.2, 0) is 17.6 Å². The van der Waals surface area contributed by atoms with Gasteiger partial charge in [-0.05, 0) is 42.2 Å². The lowest BCUT2D eigenvalue weighted by Gasteiger charge is -2.15. The Kier molecular flexibility index (Phi) is 7.14. The average Bonchev–Trinajstić information content (AvgIpc) is 2.65. The summed E-state index contributed by atoms with van der Waals surface area (Å²) < 4.78 is 16.1. The molecule has 2 N–H and O–H groups in total. The van der Waals surface area contributed by atoms with E-state index < -0.39 is 0 Å². The number of nitrogens with one attached hydrogen (secondary N) is 1. The largest absolute Gasteiger partial charge is 0.508 e. The number of benzene rings is 2. The van der Waals surface area contributed by atoms with E-state index >= 15 is 0 Å². The third-order valence-corrected chi connectivity index (χ3v) is 4.05. The van der Waals surface area contributed by atoms with Crippen LogP contribution in [0.5, 0.6) is 23.0 Å². The number of aryl methyl sites for hydroxylation is 1. The highest BCUT2D eigenvalue weighted by Crippen LogP contribution is 2.40. The Morgan fingerprint density at radius 3 is 2.42 bits per heavy atom. The van der Waals surface area contributed by atoms with Crippen molar-refractivity contribution in [1.82, 2.24) is 5.32 Å². The van der Waals surface area contributed by atoms with Crippen LogP contribution < -0.4 is 19.5 Å². The number of hydrogen-bond acceptors (Lipinski definition) is 5. The van der Waals surface area contributed by atoms with Crippen molar-refractivity contribution in [2.24, 2.45) is 0 Å². The summed E-state index contributed by atoms with van der Waals surface area (Å²) in [6.07, 6.45) is 1.53. The number of phenolic OH excluding ortho intramolecular Hbond substituents is 1. The van der Waals surface area contributed by atoms with Crippen LogP contribution in [0.3, 0.4) is 0 Å². The quantitative estimate of drug-likeness (QED) is 0.720. The molecule has 2 aromatic carbocycles. The summed E-state index contributed by atoms with van der Waals surface area (Å²) in [5, 5.41) is 12.3. The van der Waals surface area contributed by atoms with Gasteiger partial charge in [-0.15, -0.1) is 0 Å². The predicted molar refractivity (Wildman–Crippen MR) is 99.2 cm³/mol. The molecule has 140 valence electrons. The second-order valence-corrected chi connectivity index (χ2v) is 5.76. The Bertz CT molecular complexity index is 745. The Morgan fingerprint density at radius 1 is 1.00 bits per heavy atom. The minimum absolute atomic E-state index is 0.0398. The van der Waals surface area contributed by atoms with Gasteiger partial charge in [0.05, 0.1) is 21.3 Å². The van der Waals surface area contributed by atoms with Gasteiger partial charge in [-0.3, -0.25) is 4.79 Å². The van der Waals surface area contributed by atoms with Crippen LogP contribution in [0.1, 0.15) is 17.5 Å². The van der Waals surface area contributed by atoms with Gasteiger partial charge in [-0.25, -0.2) is 0 Å². The Hall–Kier alpha value is -2.89. The molecule has 0 atom stereocenters. The SMILES string of the molecule is COc1ccc(CCC(=O)NCCc2cccc(O)c2)c(OC)c1OC. The van der Waals surface area contributed by atoms with E-state index in [0.717, 1.165) is 11.1 Å². The van der Waals surface area contributed by atoms with Crippen molar-refractivity contribution in [1.29, 1.82) is 0 Å². The molecular weight excluding hydrogens is 334 g/mol. The molecule has 0 aliphatic heterocycles. The van der Waals surface area contributed by atoms with Gasteiger partial charge in [-0.1, -0.05) is 18.2 Å². The first-order chi connectivity index (χ1) is 12.6. The van der Waals surface area contributed by atoms with Crippen molar-refractivity contribution in [3.8, 4) is 23.0 Å². The third-order valence-electron chi connectivity index (χ3n) is 4.05. The van der Waals surface area contributed by atoms with Crippen molar-refractivity contribution in [3.63, 3.8) is 0 Å². The number of carbonyl (C=O) groups excluding carboxylic acids is 1. The molecule has 0 aliphatic carbocycles. The van der Waals surface area contributed by atoms with Crippen molar-refractivity contribution >= 4 is 5.91 Å². The standard InChI is InChI=1S/C20H25NO5/c1-24-17-9-7-15(19(25-2)20(17)26-3)8-10-18(23)21-12-11-14-5-4-6-16(22)13-14/h4-7,9,13,22H,8,10-12H2,1-3H3,(H,21,23). The van der Waals surface area contributed by atoms with E-state index in [1.807, 2.05) is 12.1 Å². The Labute approximate surface area is 153 Å². The van der Waals surface area contributed by atoms with E-state index in [2.05, 4.69) is 5.32 Å². The molecule has 0 fully saturated rings. The smallest absolute Gasteiger partial charge is 0.220 e. The number of aromatic hydroxyl groups is 1. The highest BCUT2D eigenvalue weighted by atomic mass is 16.5. The number of ether oxygens (including phenoxy) is 3. The molecule has 0 unspecified atom stereocenters. The third kappa shape index (κ3) is 5.05.